The molecule has 22 heavy (non-hydrogen) atoms. The third kappa shape index (κ3) is 2.67. The SMILES string of the molecule is CC1=CC=C(C(N)=O)CC=C1C#Cc1nnc2ccccn12. The van der Waals surface area contributed by atoms with E-state index < -0.39 is 5.91 Å². The molecule has 5 heteroatoms. The fourth-order valence-electron chi connectivity index (χ4n) is 2.14. The second-order valence-electron chi connectivity index (χ2n) is 4.93. The van der Waals surface area contributed by atoms with Gasteiger partial charge in [0.25, 0.3) is 0 Å². The topological polar surface area (TPSA) is 73.3 Å². The van der Waals surface area contributed by atoms with Crippen molar-refractivity contribution in [1.82, 2.24) is 14.6 Å². The first kappa shape index (κ1) is 13.8. The summed E-state index contributed by atoms with van der Waals surface area (Å²) < 4.78 is 1.83. The van der Waals surface area contributed by atoms with Gasteiger partial charge in [-0.05, 0) is 37.0 Å². The molecule has 0 unspecified atom stereocenters. The molecule has 0 atom stereocenters. The summed E-state index contributed by atoms with van der Waals surface area (Å²) in [7, 11) is 0. The molecule has 1 amide bonds. The molecule has 2 N–H and O–H groups in total. The maximum atomic E-state index is 11.2. The predicted octanol–water partition coefficient (Wildman–Crippen LogP) is 1.77. The maximum Gasteiger partial charge on any atom is 0.244 e. The summed E-state index contributed by atoms with van der Waals surface area (Å²) in [6.45, 7) is 1.95. The Balaban J connectivity index is 1.93. The lowest BCUT2D eigenvalue weighted by Gasteiger charge is -1.97. The van der Waals surface area contributed by atoms with Crippen LogP contribution in [0.15, 0.2) is 59.3 Å². The molecule has 0 saturated carbocycles. The van der Waals surface area contributed by atoms with E-state index in [9.17, 15) is 4.79 Å². The molecule has 0 fully saturated rings. The van der Waals surface area contributed by atoms with E-state index >= 15 is 0 Å². The van der Waals surface area contributed by atoms with Gasteiger partial charge in [-0.25, -0.2) is 0 Å². The van der Waals surface area contributed by atoms with Gasteiger partial charge < -0.3 is 5.73 Å². The molecule has 0 aliphatic heterocycles. The van der Waals surface area contributed by atoms with Gasteiger partial charge in [-0.2, -0.15) is 0 Å². The summed E-state index contributed by atoms with van der Waals surface area (Å²) >= 11 is 0. The van der Waals surface area contributed by atoms with Crippen LogP contribution in [0, 0.1) is 11.8 Å². The standard InChI is InChI=1S/C17H14N4O/c1-12-5-6-14(17(18)22)8-7-13(12)9-10-16-20-19-15-4-2-3-11-21(15)16/h2-7,11H,8H2,1H3,(H2,18,22). The molecule has 0 radical (unpaired) electrons. The molecule has 2 aromatic heterocycles. The number of primary amides is 1. The largest absolute Gasteiger partial charge is 0.366 e. The van der Waals surface area contributed by atoms with Gasteiger partial charge in [0.1, 0.15) is 0 Å². The third-order valence-electron chi connectivity index (χ3n) is 3.42. The van der Waals surface area contributed by atoms with E-state index in [1.54, 1.807) is 6.08 Å². The average Bonchev–Trinajstić information content (AvgIpc) is 2.83. The fourth-order valence-corrected chi connectivity index (χ4v) is 2.14. The van der Waals surface area contributed by atoms with E-state index in [0.717, 1.165) is 16.8 Å². The number of nitrogens with zero attached hydrogens (tertiary/aromatic N) is 3. The number of fused-ring (bicyclic) bond motifs is 1. The highest BCUT2D eigenvalue weighted by Gasteiger charge is 2.07. The molecule has 5 nitrogen and oxygen atoms in total. The number of nitrogens with two attached hydrogens (primary N) is 1. The van der Waals surface area contributed by atoms with Gasteiger partial charge in [0.15, 0.2) is 5.65 Å². The Labute approximate surface area is 127 Å². The predicted molar refractivity (Wildman–Crippen MR) is 83.6 cm³/mol. The van der Waals surface area contributed by atoms with E-state index in [1.807, 2.05) is 47.9 Å². The van der Waals surface area contributed by atoms with Crippen LogP contribution in [0.1, 0.15) is 19.2 Å². The molecule has 0 spiro atoms. The summed E-state index contributed by atoms with van der Waals surface area (Å²) in [6, 6.07) is 5.68. The van der Waals surface area contributed by atoms with Crippen molar-refractivity contribution in [2.45, 2.75) is 13.3 Å². The summed E-state index contributed by atoms with van der Waals surface area (Å²) in [6.07, 6.45) is 7.86. The van der Waals surface area contributed by atoms with Crippen molar-refractivity contribution in [3.05, 3.63) is 65.2 Å². The minimum atomic E-state index is -0.405. The molecule has 0 saturated heterocycles. The Hall–Kier alpha value is -3.13. The highest BCUT2D eigenvalue weighted by Crippen LogP contribution is 2.17. The normalized spacial score (nSPS) is 14.3. The van der Waals surface area contributed by atoms with Crippen molar-refractivity contribution >= 4 is 11.6 Å². The van der Waals surface area contributed by atoms with E-state index in [1.165, 1.54) is 0 Å². The van der Waals surface area contributed by atoms with Crippen molar-refractivity contribution in [2.75, 3.05) is 0 Å². The first-order valence-electron chi connectivity index (χ1n) is 6.85. The zero-order valence-corrected chi connectivity index (χ0v) is 12.1. The molecular weight excluding hydrogens is 276 g/mol. The van der Waals surface area contributed by atoms with Crippen molar-refractivity contribution < 1.29 is 4.79 Å². The number of hydrogen-bond acceptors (Lipinski definition) is 3. The number of amides is 1. The zero-order chi connectivity index (χ0) is 15.5. The number of carbonyl (C=O) groups excluding carboxylic acids is 1. The highest BCUT2D eigenvalue weighted by molar-refractivity contribution is 5.92. The second kappa shape index (κ2) is 5.70. The maximum absolute atomic E-state index is 11.2. The first-order valence-corrected chi connectivity index (χ1v) is 6.85. The molecule has 1 aliphatic carbocycles. The van der Waals surface area contributed by atoms with Gasteiger partial charge in [-0.3, -0.25) is 9.20 Å². The molecule has 2 aromatic rings. The van der Waals surface area contributed by atoms with Crippen LogP contribution in [0.4, 0.5) is 0 Å². The summed E-state index contributed by atoms with van der Waals surface area (Å²) in [4.78, 5) is 11.2. The lowest BCUT2D eigenvalue weighted by Crippen LogP contribution is -2.13. The number of pyridine rings is 1. The lowest BCUT2D eigenvalue weighted by atomic mass is 10.1. The molecular formula is C17H14N4O. The Morgan fingerprint density at radius 3 is 2.95 bits per heavy atom. The van der Waals surface area contributed by atoms with Crippen LogP contribution in [-0.4, -0.2) is 20.5 Å². The molecule has 0 aromatic carbocycles. The van der Waals surface area contributed by atoms with Crippen molar-refractivity contribution in [2.24, 2.45) is 5.73 Å². The quantitative estimate of drug-likeness (QED) is 0.813. The van der Waals surface area contributed by atoms with Gasteiger partial charge in [0.05, 0.1) is 0 Å². The van der Waals surface area contributed by atoms with E-state index in [0.29, 0.717) is 17.8 Å². The Bertz CT molecular complexity index is 903. The Morgan fingerprint density at radius 2 is 2.14 bits per heavy atom. The van der Waals surface area contributed by atoms with Crippen LogP contribution in [0.2, 0.25) is 0 Å². The van der Waals surface area contributed by atoms with Gasteiger partial charge in [0.2, 0.25) is 11.7 Å². The zero-order valence-electron chi connectivity index (χ0n) is 12.1. The number of aromatic nitrogens is 3. The van der Waals surface area contributed by atoms with E-state index in [4.69, 9.17) is 5.73 Å². The average molecular weight is 290 g/mol. The Kier molecular flexibility index (Phi) is 3.58. The number of allylic oxidation sites excluding steroid dienone is 5. The first-order chi connectivity index (χ1) is 10.6. The van der Waals surface area contributed by atoms with Gasteiger partial charge in [-0.1, -0.05) is 30.2 Å². The third-order valence-corrected chi connectivity index (χ3v) is 3.42. The monoisotopic (exact) mass is 290 g/mol. The second-order valence-corrected chi connectivity index (χ2v) is 4.93. The van der Waals surface area contributed by atoms with Crippen LogP contribution in [0.3, 0.4) is 0 Å². The number of hydrogen-bond donors (Lipinski definition) is 1. The lowest BCUT2D eigenvalue weighted by molar-refractivity contribution is -0.114. The fraction of sp³-hybridized carbons (Fsp3) is 0.118. The minimum Gasteiger partial charge on any atom is -0.366 e. The van der Waals surface area contributed by atoms with Crippen LogP contribution in [0.5, 0.6) is 0 Å². The van der Waals surface area contributed by atoms with Crippen molar-refractivity contribution in [3.8, 4) is 11.8 Å². The van der Waals surface area contributed by atoms with Crippen LogP contribution >= 0.6 is 0 Å². The Morgan fingerprint density at radius 1 is 1.27 bits per heavy atom. The van der Waals surface area contributed by atoms with Crippen LogP contribution in [0.25, 0.3) is 5.65 Å². The highest BCUT2D eigenvalue weighted by atomic mass is 16.1. The van der Waals surface area contributed by atoms with Gasteiger partial charge >= 0.3 is 0 Å². The summed E-state index contributed by atoms with van der Waals surface area (Å²) in [5.41, 5.74) is 8.49. The minimum absolute atomic E-state index is 0.405. The van der Waals surface area contributed by atoms with Crippen molar-refractivity contribution in [1.29, 1.82) is 0 Å². The van der Waals surface area contributed by atoms with Gasteiger partial charge in [-0.15, -0.1) is 10.2 Å². The molecule has 0 bridgehead atoms. The van der Waals surface area contributed by atoms with E-state index in [2.05, 4.69) is 22.0 Å². The molecule has 1 aliphatic rings. The summed E-state index contributed by atoms with van der Waals surface area (Å²) in [5, 5.41) is 8.14. The van der Waals surface area contributed by atoms with Crippen molar-refractivity contribution in [3.63, 3.8) is 0 Å². The molecule has 3 rings (SSSR count). The summed E-state index contributed by atoms with van der Waals surface area (Å²) in [5.74, 6) is 6.31. The van der Waals surface area contributed by atoms with Crippen LogP contribution in [-0.2, 0) is 4.79 Å². The molecule has 2 heterocycles. The van der Waals surface area contributed by atoms with Crippen LogP contribution < -0.4 is 5.73 Å². The van der Waals surface area contributed by atoms with E-state index in [-0.39, 0.29) is 0 Å². The molecule has 108 valence electrons. The number of rotatable bonds is 1. The smallest absolute Gasteiger partial charge is 0.244 e. The number of carbonyl (C=O) groups is 1. The van der Waals surface area contributed by atoms with Gasteiger partial charge in [0, 0.05) is 17.3 Å².